The molecule has 1 aromatic rings. The van der Waals surface area contributed by atoms with E-state index >= 15 is 0 Å². The fourth-order valence-corrected chi connectivity index (χ4v) is 7.18. The molecule has 3 rings (SSSR count). The van der Waals surface area contributed by atoms with Crippen molar-refractivity contribution in [2.75, 3.05) is 31.1 Å². The van der Waals surface area contributed by atoms with Crippen molar-refractivity contribution in [3.63, 3.8) is 0 Å². The van der Waals surface area contributed by atoms with E-state index in [0.717, 1.165) is 4.31 Å². The van der Waals surface area contributed by atoms with Crippen LogP contribution in [0.25, 0.3) is 0 Å². The van der Waals surface area contributed by atoms with Crippen LogP contribution < -0.4 is 9.84 Å². The van der Waals surface area contributed by atoms with Gasteiger partial charge < -0.3 is 19.8 Å². The second kappa shape index (κ2) is 11.9. The molecular weight excluding hydrogens is 537 g/mol. The van der Waals surface area contributed by atoms with Crippen LogP contribution in [0.1, 0.15) is 36.0 Å². The first-order valence-electron chi connectivity index (χ1n) is 11.1. The first-order valence-corrected chi connectivity index (χ1v) is 15.3. The monoisotopic (exact) mass is 565 g/mol. The predicted molar refractivity (Wildman–Crippen MR) is 130 cm³/mol. The molecule has 200 valence electrons. The molecule has 13 nitrogen and oxygen atoms in total. The lowest BCUT2D eigenvalue weighted by Gasteiger charge is -2.26. The second-order valence-electron chi connectivity index (χ2n) is 8.31. The molecule has 2 aliphatic heterocycles. The van der Waals surface area contributed by atoms with E-state index in [4.69, 9.17) is 9.79 Å². The summed E-state index contributed by atoms with van der Waals surface area (Å²) in [6.07, 6.45) is 1.12. The number of carbonyl (C=O) groups is 3. The average molecular weight is 566 g/mol. The zero-order chi connectivity index (χ0) is 26.5. The number of thioether (sulfide) groups is 1. The van der Waals surface area contributed by atoms with E-state index in [1.54, 1.807) is 0 Å². The summed E-state index contributed by atoms with van der Waals surface area (Å²) in [7, 11) is -8.50. The maximum Gasteiger partial charge on any atom is 0.524 e. The van der Waals surface area contributed by atoms with Crippen LogP contribution in [0.2, 0.25) is 0 Å². The zero-order valence-electron chi connectivity index (χ0n) is 19.2. The Morgan fingerprint density at radius 2 is 1.92 bits per heavy atom. The minimum atomic E-state index is -4.71. The maximum atomic E-state index is 12.7. The van der Waals surface area contributed by atoms with Crippen LogP contribution in [0.15, 0.2) is 24.3 Å². The number of hydrogen-bond acceptors (Lipinski definition) is 8. The second-order valence-corrected chi connectivity index (χ2v) is 12.8. The molecule has 0 aromatic heterocycles. The van der Waals surface area contributed by atoms with Gasteiger partial charge in [-0.05, 0) is 43.5 Å². The van der Waals surface area contributed by atoms with Crippen LogP contribution in [0.3, 0.4) is 0 Å². The molecule has 2 fully saturated rings. The van der Waals surface area contributed by atoms with Gasteiger partial charge >= 0.3 is 13.8 Å². The molecule has 2 aliphatic rings. The van der Waals surface area contributed by atoms with Gasteiger partial charge in [0.25, 0.3) is 5.91 Å². The maximum absolute atomic E-state index is 12.7. The number of sulfonamides is 1. The Morgan fingerprint density at radius 1 is 1.22 bits per heavy atom. The lowest BCUT2D eigenvalue weighted by molar-refractivity contribution is -0.140. The summed E-state index contributed by atoms with van der Waals surface area (Å²) in [5.41, 5.74) is 0.223. The van der Waals surface area contributed by atoms with E-state index in [9.17, 15) is 32.5 Å². The first-order chi connectivity index (χ1) is 16.9. The number of carbonyl (C=O) groups excluding carboxylic acids is 2. The molecule has 4 N–H and O–H groups in total. The molecule has 2 amide bonds. The van der Waals surface area contributed by atoms with Gasteiger partial charge in [0, 0.05) is 30.8 Å². The average Bonchev–Trinajstić information content (AvgIpc) is 3.22. The number of amides is 2. The quantitative estimate of drug-likeness (QED) is 0.288. The molecule has 0 bridgehead atoms. The van der Waals surface area contributed by atoms with Gasteiger partial charge in [-0.3, -0.25) is 24.2 Å². The highest BCUT2D eigenvalue weighted by molar-refractivity contribution is 7.99. The topological polar surface area (TPSA) is 191 Å². The van der Waals surface area contributed by atoms with Gasteiger partial charge in [-0.2, -0.15) is 4.31 Å². The smallest absolute Gasteiger partial charge is 0.480 e. The van der Waals surface area contributed by atoms with Crippen molar-refractivity contribution in [2.24, 2.45) is 0 Å². The fraction of sp³-hybridized carbons (Fsp3) is 0.550. The molecule has 16 heteroatoms. The molecule has 2 saturated heterocycles. The largest absolute Gasteiger partial charge is 0.524 e. The van der Waals surface area contributed by atoms with Crippen LogP contribution in [-0.4, -0.2) is 92.9 Å². The number of phosphoric ester groups is 1. The summed E-state index contributed by atoms with van der Waals surface area (Å²) < 4.78 is 41.7. The van der Waals surface area contributed by atoms with Crippen LogP contribution in [0.4, 0.5) is 0 Å². The third-order valence-corrected chi connectivity index (χ3v) is 9.20. The molecule has 2 unspecified atom stereocenters. The molecule has 36 heavy (non-hydrogen) atoms. The highest BCUT2D eigenvalue weighted by atomic mass is 32.2. The number of carboxylic acids is 1. The minimum Gasteiger partial charge on any atom is -0.480 e. The Morgan fingerprint density at radius 3 is 2.56 bits per heavy atom. The Kier molecular flexibility index (Phi) is 9.41. The first kappa shape index (κ1) is 28.4. The summed E-state index contributed by atoms with van der Waals surface area (Å²) in [6.45, 7) is 0.472. The van der Waals surface area contributed by atoms with Crippen molar-refractivity contribution in [1.82, 2.24) is 14.5 Å². The Labute approximate surface area is 212 Å². The molecule has 1 aromatic carbocycles. The number of phosphoric acid groups is 1. The summed E-state index contributed by atoms with van der Waals surface area (Å²) in [6, 6.07) is 4.14. The molecular formula is C20H28N3O10PS2. The van der Waals surface area contributed by atoms with E-state index in [2.05, 4.69) is 9.84 Å². The van der Waals surface area contributed by atoms with Gasteiger partial charge in [0.2, 0.25) is 15.9 Å². The van der Waals surface area contributed by atoms with E-state index in [-0.39, 0.29) is 61.9 Å². The number of hydrogen-bond donors (Lipinski definition) is 4. The van der Waals surface area contributed by atoms with Gasteiger partial charge in [-0.25, -0.2) is 13.0 Å². The van der Waals surface area contributed by atoms with Gasteiger partial charge in [0.15, 0.2) is 0 Å². The van der Waals surface area contributed by atoms with Crippen LogP contribution in [0, 0.1) is 0 Å². The predicted octanol–water partition coefficient (Wildman–Crippen LogP) is 0.448. The van der Waals surface area contributed by atoms with E-state index in [0.29, 0.717) is 12.2 Å². The lowest BCUT2D eigenvalue weighted by atomic mass is 10.2. The van der Waals surface area contributed by atoms with Crippen molar-refractivity contribution >= 4 is 47.4 Å². The summed E-state index contributed by atoms with van der Waals surface area (Å²) in [4.78, 5) is 55.7. The standard InChI is InChI=1S/C20H28N3O10PS2/c24-18-8-11-35-17(21-19(25)14-4-6-15(7-5-14)33-34(28,29)30)13-22(18)9-2-12-36(31,32)23-10-1-3-16(23)20(26)27/h4-7,16-17H,1-3,8-13H2,(H,21,25)(H,26,27)(H2,28,29,30). The summed E-state index contributed by atoms with van der Waals surface area (Å²) in [5, 5.41) is 11.6. The molecule has 0 aliphatic carbocycles. The van der Waals surface area contributed by atoms with Crippen molar-refractivity contribution in [3.8, 4) is 5.75 Å². The highest BCUT2D eigenvalue weighted by Crippen LogP contribution is 2.37. The van der Waals surface area contributed by atoms with Crippen LogP contribution in [-0.2, 0) is 24.2 Å². The third-order valence-electron chi connectivity index (χ3n) is 5.68. The van der Waals surface area contributed by atoms with Crippen LogP contribution >= 0.6 is 19.6 Å². The number of carboxylic acid groups (broad SMARTS) is 1. The number of benzene rings is 1. The number of rotatable bonds is 10. The zero-order valence-corrected chi connectivity index (χ0v) is 21.7. The molecule has 0 saturated carbocycles. The minimum absolute atomic E-state index is 0.0981. The fourth-order valence-electron chi connectivity index (χ4n) is 4.01. The Balaban J connectivity index is 1.55. The summed E-state index contributed by atoms with van der Waals surface area (Å²) >= 11 is 1.37. The van der Waals surface area contributed by atoms with Gasteiger partial charge in [0.05, 0.1) is 17.7 Å². The van der Waals surface area contributed by atoms with Crippen molar-refractivity contribution in [2.45, 2.75) is 37.1 Å². The molecule has 0 radical (unpaired) electrons. The van der Waals surface area contributed by atoms with Crippen molar-refractivity contribution in [1.29, 1.82) is 0 Å². The summed E-state index contributed by atoms with van der Waals surface area (Å²) in [5.74, 6) is -1.71. The van der Waals surface area contributed by atoms with Crippen molar-refractivity contribution in [3.05, 3.63) is 29.8 Å². The Hall–Kier alpha value is -2.16. The SMILES string of the molecule is O=C(NC1CN(CCCS(=O)(=O)N2CCCC2C(=O)O)C(=O)CCS1)c1ccc(OP(=O)(O)O)cc1. The van der Waals surface area contributed by atoms with Crippen molar-refractivity contribution < 1.29 is 46.8 Å². The molecule has 0 spiro atoms. The van der Waals surface area contributed by atoms with Gasteiger partial charge in [-0.1, -0.05) is 0 Å². The number of nitrogens with zero attached hydrogens (tertiary/aromatic N) is 2. The van der Waals surface area contributed by atoms with Gasteiger partial charge in [0.1, 0.15) is 11.8 Å². The normalized spacial score (nSPS) is 21.7. The Bertz CT molecular complexity index is 1130. The van der Waals surface area contributed by atoms with E-state index < -0.39 is 41.1 Å². The van der Waals surface area contributed by atoms with E-state index in [1.807, 2.05) is 0 Å². The number of nitrogens with one attached hydrogen (secondary N) is 1. The number of aliphatic carboxylic acids is 1. The van der Waals surface area contributed by atoms with Crippen LogP contribution in [0.5, 0.6) is 5.75 Å². The highest BCUT2D eigenvalue weighted by Gasteiger charge is 2.38. The van der Waals surface area contributed by atoms with E-state index in [1.165, 1.54) is 40.9 Å². The lowest BCUT2D eigenvalue weighted by Crippen LogP contribution is -2.44. The third kappa shape index (κ3) is 7.92. The van der Waals surface area contributed by atoms with Gasteiger partial charge in [-0.15, -0.1) is 11.8 Å². The molecule has 2 atom stereocenters. The molecule has 2 heterocycles.